The maximum Gasteiger partial charge on any atom is 0.306 e. The molecule has 162 valence electrons. The summed E-state index contributed by atoms with van der Waals surface area (Å²) in [6, 6.07) is 7.85. The summed E-state index contributed by atoms with van der Waals surface area (Å²) in [5.41, 5.74) is 7.87. The number of imidazole rings is 1. The molecule has 3 aromatic rings. The Morgan fingerprint density at radius 3 is 2.67 bits per heavy atom. The monoisotopic (exact) mass is 412 g/mol. The summed E-state index contributed by atoms with van der Waals surface area (Å²) in [6.45, 7) is 9.28. The fourth-order valence-electron chi connectivity index (χ4n) is 3.67. The van der Waals surface area contributed by atoms with Gasteiger partial charge >= 0.3 is 5.97 Å². The average molecular weight is 413 g/mol. The van der Waals surface area contributed by atoms with E-state index in [9.17, 15) is 4.79 Å². The van der Waals surface area contributed by atoms with Crippen molar-refractivity contribution in [2.75, 3.05) is 12.3 Å². The summed E-state index contributed by atoms with van der Waals surface area (Å²) in [5, 5.41) is 0.960. The van der Waals surface area contributed by atoms with Gasteiger partial charge in [-0.1, -0.05) is 38.0 Å². The van der Waals surface area contributed by atoms with E-state index < -0.39 is 5.60 Å². The van der Waals surface area contributed by atoms with Crippen LogP contribution in [0.5, 0.6) is 0 Å². The average Bonchev–Trinajstić information content (AvgIpc) is 3.04. The molecule has 0 fully saturated rings. The summed E-state index contributed by atoms with van der Waals surface area (Å²) in [7, 11) is 0. The molecule has 0 aliphatic heterocycles. The smallest absolute Gasteiger partial charge is 0.306 e. The molecule has 2 aromatic heterocycles. The first-order valence-electron chi connectivity index (χ1n) is 10.7. The molecular weight excluding hydrogens is 380 g/mol. The Labute approximate surface area is 177 Å². The number of nitrogens with zero attached hydrogens (tertiary/aromatic N) is 3. The second-order valence-corrected chi connectivity index (χ2v) is 8.15. The molecule has 0 unspecified atom stereocenters. The first-order valence-corrected chi connectivity index (χ1v) is 10.7. The van der Waals surface area contributed by atoms with Gasteiger partial charge in [0.2, 0.25) is 0 Å². The van der Waals surface area contributed by atoms with Gasteiger partial charge in [0.15, 0.2) is 5.82 Å². The lowest BCUT2D eigenvalue weighted by Gasteiger charge is -2.27. The van der Waals surface area contributed by atoms with Gasteiger partial charge in [0.05, 0.1) is 17.6 Å². The Kier molecular flexibility index (Phi) is 6.92. The van der Waals surface area contributed by atoms with Crippen molar-refractivity contribution >= 4 is 33.7 Å². The number of ether oxygens (including phenoxy) is 2. The number of hydrogen-bond acceptors (Lipinski definition) is 6. The maximum atomic E-state index is 12.3. The minimum atomic E-state index is -0.711. The van der Waals surface area contributed by atoms with Crippen molar-refractivity contribution in [2.24, 2.45) is 0 Å². The second kappa shape index (κ2) is 9.43. The molecule has 0 spiro atoms. The van der Waals surface area contributed by atoms with Gasteiger partial charge < -0.3 is 19.8 Å². The van der Waals surface area contributed by atoms with Crippen LogP contribution < -0.4 is 5.73 Å². The Bertz CT molecular complexity index is 1030. The number of rotatable bonds is 10. The Balaban J connectivity index is 2.01. The molecule has 30 heavy (non-hydrogen) atoms. The fraction of sp³-hybridized carbons (Fsp3) is 0.522. The standard InChI is InChI=1S/C23H32N4O3/c1-5-7-8-13-19(28)30-23(3,4)15-27-18(14-29-6-2)26-20-21(27)16-11-9-10-12-17(16)25-22(20)24/h9-12H,5-8,13-15H2,1-4H3,(H2,24,25). The van der Waals surface area contributed by atoms with E-state index in [-0.39, 0.29) is 5.97 Å². The van der Waals surface area contributed by atoms with Crippen LogP contribution in [-0.4, -0.2) is 32.7 Å². The third kappa shape index (κ3) is 4.90. The number of aromatic nitrogens is 3. The number of hydrogen-bond donors (Lipinski definition) is 1. The van der Waals surface area contributed by atoms with Crippen LogP contribution in [0.2, 0.25) is 0 Å². The number of nitrogens with two attached hydrogens (primary N) is 1. The predicted molar refractivity (Wildman–Crippen MR) is 119 cm³/mol. The van der Waals surface area contributed by atoms with Crippen molar-refractivity contribution in [3.05, 3.63) is 30.1 Å². The summed E-state index contributed by atoms with van der Waals surface area (Å²) in [5.74, 6) is 0.955. The number of pyridine rings is 1. The highest BCUT2D eigenvalue weighted by molar-refractivity contribution is 6.06. The highest BCUT2D eigenvalue weighted by Crippen LogP contribution is 2.30. The lowest BCUT2D eigenvalue weighted by atomic mass is 10.1. The zero-order valence-corrected chi connectivity index (χ0v) is 18.4. The Morgan fingerprint density at radius 1 is 1.17 bits per heavy atom. The van der Waals surface area contributed by atoms with Crippen molar-refractivity contribution in [1.29, 1.82) is 0 Å². The van der Waals surface area contributed by atoms with E-state index in [0.717, 1.165) is 41.5 Å². The number of carbonyl (C=O) groups is 1. The second-order valence-electron chi connectivity index (χ2n) is 8.15. The number of nitrogen functional groups attached to an aromatic ring is 1. The highest BCUT2D eigenvalue weighted by atomic mass is 16.6. The van der Waals surface area contributed by atoms with Crippen LogP contribution in [0.4, 0.5) is 5.82 Å². The lowest BCUT2D eigenvalue weighted by molar-refractivity contribution is -0.157. The van der Waals surface area contributed by atoms with Crippen LogP contribution in [0.25, 0.3) is 21.9 Å². The Hall–Kier alpha value is -2.67. The quantitative estimate of drug-likeness (QED) is 0.386. The summed E-state index contributed by atoms with van der Waals surface area (Å²) >= 11 is 0. The molecule has 0 aliphatic carbocycles. The highest BCUT2D eigenvalue weighted by Gasteiger charge is 2.27. The lowest BCUT2D eigenvalue weighted by Crippen LogP contribution is -2.34. The number of benzene rings is 1. The van der Waals surface area contributed by atoms with Crippen molar-refractivity contribution in [2.45, 2.75) is 72.1 Å². The molecule has 0 atom stereocenters. The van der Waals surface area contributed by atoms with Crippen LogP contribution in [0, 0.1) is 0 Å². The van der Waals surface area contributed by atoms with E-state index in [1.807, 2.05) is 45.0 Å². The molecule has 0 saturated heterocycles. The molecule has 2 N–H and O–H groups in total. The number of esters is 1. The topological polar surface area (TPSA) is 92.3 Å². The van der Waals surface area contributed by atoms with E-state index >= 15 is 0 Å². The molecule has 3 rings (SSSR count). The first-order chi connectivity index (χ1) is 14.4. The van der Waals surface area contributed by atoms with Crippen molar-refractivity contribution in [3.8, 4) is 0 Å². The van der Waals surface area contributed by atoms with E-state index in [1.165, 1.54) is 0 Å². The van der Waals surface area contributed by atoms with Crippen molar-refractivity contribution in [1.82, 2.24) is 14.5 Å². The molecular formula is C23H32N4O3. The van der Waals surface area contributed by atoms with E-state index in [2.05, 4.69) is 16.5 Å². The van der Waals surface area contributed by atoms with Gasteiger partial charge in [0.1, 0.15) is 23.5 Å². The minimum Gasteiger partial charge on any atom is -0.458 e. The molecule has 2 heterocycles. The van der Waals surface area contributed by atoms with Crippen LogP contribution in [0.15, 0.2) is 24.3 Å². The van der Waals surface area contributed by atoms with E-state index in [0.29, 0.717) is 37.5 Å². The first kappa shape index (κ1) is 22.0. The van der Waals surface area contributed by atoms with E-state index in [4.69, 9.17) is 20.2 Å². The third-order valence-electron chi connectivity index (χ3n) is 5.04. The van der Waals surface area contributed by atoms with Crippen LogP contribution >= 0.6 is 0 Å². The molecule has 0 saturated carbocycles. The van der Waals surface area contributed by atoms with Gasteiger partial charge in [-0.3, -0.25) is 4.79 Å². The van der Waals surface area contributed by atoms with Gasteiger partial charge in [-0.25, -0.2) is 9.97 Å². The number of anilines is 1. The SMILES string of the molecule is CCCCCC(=O)OC(C)(C)Cn1c(COCC)nc2c(N)nc3ccccc3c21. The minimum absolute atomic E-state index is 0.171. The number of fused-ring (bicyclic) bond motifs is 3. The zero-order valence-electron chi connectivity index (χ0n) is 18.4. The summed E-state index contributed by atoms with van der Waals surface area (Å²) in [6.07, 6.45) is 3.38. The van der Waals surface area contributed by atoms with E-state index in [1.54, 1.807) is 0 Å². The zero-order chi connectivity index (χ0) is 21.7. The van der Waals surface area contributed by atoms with Gasteiger partial charge in [-0.2, -0.15) is 0 Å². The van der Waals surface area contributed by atoms with Crippen LogP contribution in [0.3, 0.4) is 0 Å². The normalized spacial score (nSPS) is 12.0. The maximum absolute atomic E-state index is 12.3. The fourth-order valence-corrected chi connectivity index (χ4v) is 3.67. The predicted octanol–water partition coefficient (Wildman–Crippen LogP) is 4.61. The molecule has 0 radical (unpaired) electrons. The van der Waals surface area contributed by atoms with Gasteiger partial charge in [-0.15, -0.1) is 0 Å². The summed E-state index contributed by atoms with van der Waals surface area (Å²) < 4.78 is 13.5. The molecule has 0 bridgehead atoms. The number of unbranched alkanes of at least 4 members (excludes halogenated alkanes) is 2. The Morgan fingerprint density at radius 2 is 1.93 bits per heavy atom. The van der Waals surface area contributed by atoms with Crippen LogP contribution in [0.1, 0.15) is 59.2 Å². The largest absolute Gasteiger partial charge is 0.458 e. The number of para-hydroxylation sites is 1. The molecule has 0 aliphatic rings. The van der Waals surface area contributed by atoms with Gasteiger partial charge in [-0.05, 0) is 33.3 Å². The summed E-state index contributed by atoms with van der Waals surface area (Å²) in [4.78, 5) is 21.6. The van der Waals surface area contributed by atoms with Gasteiger partial charge in [0, 0.05) is 18.4 Å². The van der Waals surface area contributed by atoms with Crippen molar-refractivity contribution < 1.29 is 14.3 Å². The molecule has 1 aromatic carbocycles. The molecule has 0 amide bonds. The molecule has 7 heteroatoms. The van der Waals surface area contributed by atoms with Crippen LogP contribution in [-0.2, 0) is 27.4 Å². The third-order valence-corrected chi connectivity index (χ3v) is 5.04. The molecule has 7 nitrogen and oxygen atoms in total. The van der Waals surface area contributed by atoms with Gasteiger partial charge in [0.25, 0.3) is 0 Å². The van der Waals surface area contributed by atoms with Crippen molar-refractivity contribution in [3.63, 3.8) is 0 Å². The number of carbonyl (C=O) groups excluding carboxylic acids is 1.